The van der Waals surface area contributed by atoms with Gasteiger partial charge >= 0.3 is 0 Å². The average molecular weight is 322 g/mol. The maximum absolute atomic E-state index is 11.7. The smallest absolute Gasteiger partial charge is 0.270 e. The van der Waals surface area contributed by atoms with E-state index in [1.54, 1.807) is 6.07 Å². The van der Waals surface area contributed by atoms with Crippen LogP contribution in [0.3, 0.4) is 0 Å². The van der Waals surface area contributed by atoms with Crippen LogP contribution in [0.4, 0.5) is 0 Å². The Morgan fingerprint density at radius 2 is 2.16 bits per heavy atom. The second-order valence-electron chi connectivity index (χ2n) is 4.77. The maximum Gasteiger partial charge on any atom is 0.270 e. The topological polar surface area (TPSA) is 63.2 Å². The molecule has 1 aromatic heterocycles. The number of amides is 1. The van der Waals surface area contributed by atoms with Crippen LogP contribution in [-0.4, -0.2) is 20.9 Å². The van der Waals surface area contributed by atoms with E-state index < -0.39 is 9.05 Å². The van der Waals surface area contributed by atoms with Gasteiger partial charge in [-0.2, -0.15) is 0 Å². The van der Waals surface area contributed by atoms with Gasteiger partial charge in [0, 0.05) is 22.1 Å². The van der Waals surface area contributed by atoms with Crippen molar-refractivity contribution < 1.29 is 13.2 Å². The monoisotopic (exact) mass is 321 g/mol. The van der Waals surface area contributed by atoms with Gasteiger partial charge in [0.05, 0.1) is 6.42 Å². The van der Waals surface area contributed by atoms with Gasteiger partial charge in [0.15, 0.2) is 0 Å². The molecule has 1 amide bonds. The molecule has 2 rings (SSSR count). The summed E-state index contributed by atoms with van der Waals surface area (Å²) in [5, 5.41) is 2.86. The number of carbonyl (C=O) groups excluding carboxylic acids is 1. The highest BCUT2D eigenvalue weighted by atomic mass is 35.7. The van der Waals surface area contributed by atoms with Crippen LogP contribution >= 0.6 is 22.0 Å². The van der Waals surface area contributed by atoms with Crippen LogP contribution in [0.2, 0.25) is 0 Å². The second kappa shape index (κ2) is 6.24. The van der Waals surface area contributed by atoms with Gasteiger partial charge in [-0.05, 0) is 24.5 Å². The van der Waals surface area contributed by atoms with E-state index in [1.807, 2.05) is 0 Å². The van der Waals surface area contributed by atoms with Gasteiger partial charge in [-0.1, -0.05) is 19.3 Å². The Hall–Kier alpha value is -0.590. The van der Waals surface area contributed by atoms with E-state index >= 15 is 0 Å². The van der Waals surface area contributed by atoms with Crippen molar-refractivity contribution >= 4 is 37.0 Å². The highest BCUT2D eigenvalue weighted by Gasteiger charge is 2.17. The number of halogens is 1. The van der Waals surface area contributed by atoms with Gasteiger partial charge in [0.25, 0.3) is 9.05 Å². The second-order valence-corrected chi connectivity index (χ2v) is 8.73. The Bertz CT molecular complexity index is 549. The molecule has 0 bridgehead atoms. The van der Waals surface area contributed by atoms with Crippen LogP contribution in [0.25, 0.3) is 0 Å². The molecule has 106 valence electrons. The molecule has 0 radical (unpaired) electrons. The minimum atomic E-state index is -3.68. The Labute approximate surface area is 121 Å². The van der Waals surface area contributed by atoms with Gasteiger partial charge in [-0.15, -0.1) is 11.3 Å². The first-order valence-electron chi connectivity index (χ1n) is 6.25. The summed E-state index contributed by atoms with van der Waals surface area (Å²) >= 11 is 1.04. The molecular weight excluding hydrogens is 306 g/mol. The van der Waals surface area contributed by atoms with Gasteiger partial charge in [-0.3, -0.25) is 4.79 Å². The molecule has 4 nitrogen and oxygen atoms in total. The molecule has 1 saturated carbocycles. The molecule has 0 atom stereocenters. The zero-order valence-corrected chi connectivity index (χ0v) is 12.8. The van der Waals surface area contributed by atoms with Crippen molar-refractivity contribution in [2.75, 3.05) is 6.54 Å². The largest absolute Gasteiger partial charge is 0.356 e. The van der Waals surface area contributed by atoms with Crippen molar-refractivity contribution in [1.82, 2.24) is 5.32 Å². The first-order valence-corrected chi connectivity index (χ1v) is 9.38. The van der Waals surface area contributed by atoms with Crippen LogP contribution in [0.5, 0.6) is 0 Å². The fraction of sp³-hybridized carbons (Fsp3) is 0.583. The summed E-state index contributed by atoms with van der Waals surface area (Å²) in [6.45, 7) is 0.704. The van der Waals surface area contributed by atoms with E-state index in [0.29, 0.717) is 11.4 Å². The molecule has 19 heavy (non-hydrogen) atoms. The Morgan fingerprint density at radius 3 is 2.68 bits per heavy atom. The molecule has 0 unspecified atom stereocenters. The van der Waals surface area contributed by atoms with E-state index in [1.165, 1.54) is 25.3 Å². The predicted octanol–water partition coefficient (Wildman–Crippen LogP) is 2.52. The molecule has 0 saturated heterocycles. The first-order chi connectivity index (χ1) is 8.95. The van der Waals surface area contributed by atoms with Crippen LogP contribution in [0.1, 0.15) is 30.6 Å². The lowest BCUT2D eigenvalue weighted by Gasteiger charge is -2.25. The standard InChI is InChI=1S/C12H16ClNO3S2/c13-19(16,17)12-5-4-10(18-12)8-11(15)14-7-6-9-2-1-3-9/h4-5,9H,1-3,6-8H2,(H,14,15). The van der Waals surface area contributed by atoms with Crippen molar-refractivity contribution in [2.45, 2.75) is 36.3 Å². The summed E-state index contributed by atoms with van der Waals surface area (Å²) in [7, 11) is 1.55. The van der Waals surface area contributed by atoms with Crippen molar-refractivity contribution in [1.29, 1.82) is 0 Å². The van der Waals surface area contributed by atoms with Gasteiger partial charge in [-0.25, -0.2) is 8.42 Å². The van der Waals surface area contributed by atoms with Crippen molar-refractivity contribution in [3.8, 4) is 0 Å². The lowest BCUT2D eigenvalue weighted by Crippen LogP contribution is -2.28. The number of nitrogens with one attached hydrogen (secondary N) is 1. The molecule has 0 aliphatic heterocycles. The number of rotatable bonds is 6. The van der Waals surface area contributed by atoms with Crippen molar-refractivity contribution in [2.24, 2.45) is 5.92 Å². The van der Waals surface area contributed by atoms with Gasteiger partial charge in [0.1, 0.15) is 4.21 Å². The van der Waals surface area contributed by atoms with Crippen LogP contribution < -0.4 is 5.32 Å². The summed E-state index contributed by atoms with van der Waals surface area (Å²) in [6.07, 6.45) is 5.11. The predicted molar refractivity (Wildman–Crippen MR) is 76.0 cm³/mol. The molecule has 1 heterocycles. The third-order valence-electron chi connectivity index (χ3n) is 3.31. The number of carbonyl (C=O) groups is 1. The summed E-state index contributed by atoms with van der Waals surface area (Å²) in [5.41, 5.74) is 0. The van der Waals surface area contributed by atoms with E-state index in [4.69, 9.17) is 10.7 Å². The molecule has 0 spiro atoms. The molecule has 7 heteroatoms. The summed E-state index contributed by atoms with van der Waals surface area (Å²) < 4.78 is 22.3. The molecule has 1 aliphatic rings. The molecule has 1 fully saturated rings. The summed E-state index contributed by atoms with van der Waals surface area (Å²) in [5.74, 6) is 0.703. The quantitative estimate of drug-likeness (QED) is 0.819. The van der Waals surface area contributed by atoms with Crippen LogP contribution in [-0.2, 0) is 20.3 Å². The summed E-state index contributed by atoms with van der Waals surface area (Å²) in [4.78, 5) is 12.4. The SMILES string of the molecule is O=C(Cc1ccc(S(=O)(=O)Cl)s1)NCCC1CCC1. The third kappa shape index (κ3) is 4.47. The molecule has 1 N–H and O–H groups in total. The first kappa shape index (κ1) is 14.8. The number of thiophene rings is 1. The zero-order valence-electron chi connectivity index (χ0n) is 10.4. The molecule has 1 aromatic rings. The van der Waals surface area contributed by atoms with E-state index in [-0.39, 0.29) is 16.5 Å². The highest BCUT2D eigenvalue weighted by Crippen LogP contribution is 2.28. The molecular formula is C12H16ClNO3S2. The Balaban J connectivity index is 1.76. The lowest BCUT2D eigenvalue weighted by atomic mass is 9.83. The normalized spacial score (nSPS) is 16.1. The third-order valence-corrected chi connectivity index (χ3v) is 6.49. The summed E-state index contributed by atoms with van der Waals surface area (Å²) in [6, 6.07) is 3.06. The highest BCUT2D eigenvalue weighted by molar-refractivity contribution is 8.15. The fourth-order valence-corrected chi connectivity index (χ4v) is 4.12. The average Bonchev–Trinajstić information content (AvgIpc) is 2.69. The minimum absolute atomic E-state index is 0.0697. The fourth-order valence-electron chi connectivity index (χ4n) is 2.00. The molecule has 0 aromatic carbocycles. The van der Waals surface area contributed by atoms with E-state index in [9.17, 15) is 13.2 Å². The van der Waals surface area contributed by atoms with E-state index in [2.05, 4.69) is 5.32 Å². The molecule has 1 aliphatic carbocycles. The minimum Gasteiger partial charge on any atom is -0.356 e. The number of hydrogen-bond acceptors (Lipinski definition) is 4. The number of hydrogen-bond donors (Lipinski definition) is 1. The maximum atomic E-state index is 11.7. The zero-order chi connectivity index (χ0) is 13.9. The Morgan fingerprint density at radius 1 is 1.42 bits per heavy atom. The van der Waals surface area contributed by atoms with E-state index in [0.717, 1.165) is 23.7 Å². The van der Waals surface area contributed by atoms with Crippen LogP contribution in [0, 0.1) is 5.92 Å². The van der Waals surface area contributed by atoms with Crippen molar-refractivity contribution in [3.05, 3.63) is 17.0 Å². The van der Waals surface area contributed by atoms with Gasteiger partial charge < -0.3 is 5.32 Å². The van der Waals surface area contributed by atoms with Gasteiger partial charge in [0.2, 0.25) is 5.91 Å². The van der Waals surface area contributed by atoms with Crippen LogP contribution in [0.15, 0.2) is 16.3 Å². The Kier molecular flexibility index (Phi) is 4.86. The lowest BCUT2D eigenvalue weighted by molar-refractivity contribution is -0.120. The van der Waals surface area contributed by atoms with Crippen molar-refractivity contribution in [3.63, 3.8) is 0 Å².